The zero-order chi connectivity index (χ0) is 13.9. The van der Waals surface area contributed by atoms with Gasteiger partial charge in [0.05, 0.1) is 11.3 Å². The molecular weight excluding hydrogens is 306 g/mol. The topological polar surface area (TPSA) is 71.4 Å². The van der Waals surface area contributed by atoms with Gasteiger partial charge < -0.3 is 5.11 Å². The Hall–Kier alpha value is -1.11. The van der Waals surface area contributed by atoms with Gasteiger partial charge in [-0.25, -0.2) is 17.6 Å². The van der Waals surface area contributed by atoms with Gasteiger partial charge in [0.1, 0.15) is 10.7 Å². The minimum Gasteiger partial charge on any atom is -0.478 e. The van der Waals surface area contributed by atoms with Crippen molar-refractivity contribution >= 4 is 39.0 Å². The Balaban J connectivity index is 3.32. The van der Waals surface area contributed by atoms with E-state index in [4.69, 9.17) is 28.3 Å². The zero-order valence-corrected chi connectivity index (χ0v) is 11.1. The van der Waals surface area contributed by atoms with E-state index in [1.165, 1.54) is 0 Å². The van der Waals surface area contributed by atoms with Crippen molar-refractivity contribution in [1.29, 1.82) is 0 Å². The maximum absolute atomic E-state index is 13.4. The fourth-order valence-corrected chi connectivity index (χ4v) is 3.04. The van der Waals surface area contributed by atoms with Crippen LogP contribution in [0, 0.1) is 5.82 Å². The second-order valence-electron chi connectivity index (χ2n) is 3.27. The summed E-state index contributed by atoms with van der Waals surface area (Å²) < 4.78 is 37.0. The average Bonchev–Trinajstić information content (AvgIpc) is 2.28. The first-order valence-electron chi connectivity index (χ1n) is 4.48. The largest absolute Gasteiger partial charge is 0.478 e. The van der Waals surface area contributed by atoms with Crippen LogP contribution in [0.3, 0.4) is 0 Å². The molecule has 1 rings (SSSR count). The highest BCUT2D eigenvalue weighted by Crippen LogP contribution is 2.21. The molecule has 0 aliphatic rings. The van der Waals surface area contributed by atoms with Gasteiger partial charge >= 0.3 is 5.97 Å². The minimum absolute atomic E-state index is 0.197. The van der Waals surface area contributed by atoms with Crippen LogP contribution >= 0.6 is 23.2 Å². The molecule has 0 amide bonds. The van der Waals surface area contributed by atoms with Crippen LogP contribution in [0.2, 0.25) is 0 Å². The summed E-state index contributed by atoms with van der Waals surface area (Å²) in [7, 11) is -4.08. The molecule has 0 bridgehead atoms. The molecule has 1 aromatic rings. The molecule has 0 fully saturated rings. The Morgan fingerprint density at radius 2 is 2.06 bits per heavy atom. The normalized spacial score (nSPS) is 12.5. The molecule has 0 aliphatic heterocycles. The van der Waals surface area contributed by atoms with Crippen molar-refractivity contribution in [2.24, 2.45) is 0 Å². The molecule has 0 radical (unpaired) electrons. The Bertz CT molecular complexity index is 610. The van der Waals surface area contributed by atoms with Gasteiger partial charge in [0.2, 0.25) is 0 Å². The first kappa shape index (κ1) is 14.9. The number of carbonyl (C=O) groups is 1. The number of sulfone groups is 1. The monoisotopic (exact) mass is 312 g/mol. The van der Waals surface area contributed by atoms with Gasteiger partial charge in [-0.3, -0.25) is 0 Å². The number of benzene rings is 1. The Morgan fingerprint density at radius 1 is 1.44 bits per heavy atom. The van der Waals surface area contributed by atoms with Crippen LogP contribution in [-0.4, -0.2) is 25.2 Å². The van der Waals surface area contributed by atoms with Crippen LogP contribution < -0.4 is 0 Å². The first-order valence-corrected chi connectivity index (χ1v) is 6.95. The second-order valence-corrected chi connectivity index (χ2v) is 5.93. The van der Waals surface area contributed by atoms with E-state index in [0.717, 1.165) is 23.7 Å². The SMILES string of the molecule is O=C(O)c1ccc(F)c(S(=O)(=O)CC(Cl)=CCl)c1. The molecule has 1 aromatic carbocycles. The van der Waals surface area contributed by atoms with Crippen LogP contribution in [0.4, 0.5) is 4.39 Å². The van der Waals surface area contributed by atoms with Crippen molar-refractivity contribution < 1.29 is 22.7 Å². The number of rotatable bonds is 4. The number of aromatic carboxylic acids is 1. The summed E-state index contributed by atoms with van der Waals surface area (Å²) in [4.78, 5) is 9.97. The van der Waals surface area contributed by atoms with Gasteiger partial charge in [-0.2, -0.15) is 0 Å². The van der Waals surface area contributed by atoms with Gasteiger partial charge in [0.15, 0.2) is 9.84 Å². The van der Waals surface area contributed by atoms with Crippen LogP contribution in [0.5, 0.6) is 0 Å². The molecule has 1 N–H and O–H groups in total. The van der Waals surface area contributed by atoms with Crippen LogP contribution in [0.25, 0.3) is 0 Å². The maximum Gasteiger partial charge on any atom is 0.335 e. The summed E-state index contributed by atoms with van der Waals surface area (Å²) in [5, 5.41) is 8.52. The molecule has 0 saturated carbocycles. The lowest BCUT2D eigenvalue weighted by Gasteiger charge is -2.05. The highest BCUT2D eigenvalue weighted by atomic mass is 35.5. The van der Waals surface area contributed by atoms with E-state index in [1.54, 1.807) is 0 Å². The third-order valence-corrected chi connectivity index (χ3v) is 4.41. The number of carboxylic acid groups (broad SMARTS) is 1. The van der Waals surface area contributed by atoms with Gasteiger partial charge in [0, 0.05) is 10.6 Å². The predicted molar refractivity (Wildman–Crippen MR) is 65.2 cm³/mol. The molecule has 0 aromatic heterocycles. The molecule has 0 spiro atoms. The molecule has 0 heterocycles. The van der Waals surface area contributed by atoms with Crippen molar-refractivity contribution in [2.45, 2.75) is 4.90 Å². The molecule has 0 atom stereocenters. The predicted octanol–water partition coefficient (Wildman–Crippen LogP) is 2.62. The summed E-state index contributed by atoms with van der Waals surface area (Å²) in [5.74, 6) is -3.10. The lowest BCUT2D eigenvalue weighted by atomic mass is 10.2. The van der Waals surface area contributed by atoms with Crippen molar-refractivity contribution in [3.05, 3.63) is 40.1 Å². The summed E-state index contributed by atoms with van der Waals surface area (Å²) >= 11 is 10.7. The summed E-state index contributed by atoms with van der Waals surface area (Å²) in [5.41, 5.74) is 0.513. The number of hydrogen-bond acceptors (Lipinski definition) is 3. The van der Waals surface area contributed by atoms with E-state index >= 15 is 0 Å². The summed E-state index contributed by atoms with van der Waals surface area (Å²) in [6.07, 6.45) is 0. The molecule has 0 aliphatic carbocycles. The minimum atomic E-state index is -4.08. The molecular formula is C10H7Cl2FO4S. The first-order chi connectivity index (χ1) is 8.27. The standard InChI is InChI=1S/C10H7Cl2FO4S/c11-4-7(12)5-18(16,17)9-3-6(10(14)15)1-2-8(9)13/h1-4H,5H2,(H,14,15). The smallest absolute Gasteiger partial charge is 0.335 e. The fourth-order valence-electron chi connectivity index (χ4n) is 1.17. The van der Waals surface area contributed by atoms with E-state index in [2.05, 4.69) is 0 Å². The van der Waals surface area contributed by atoms with E-state index in [0.29, 0.717) is 0 Å². The molecule has 0 unspecified atom stereocenters. The lowest BCUT2D eigenvalue weighted by molar-refractivity contribution is 0.0696. The highest BCUT2D eigenvalue weighted by Gasteiger charge is 2.22. The maximum atomic E-state index is 13.4. The fraction of sp³-hybridized carbons (Fsp3) is 0.100. The van der Waals surface area contributed by atoms with Crippen molar-refractivity contribution in [2.75, 3.05) is 5.75 Å². The third kappa shape index (κ3) is 3.44. The van der Waals surface area contributed by atoms with E-state index in [9.17, 15) is 17.6 Å². The van der Waals surface area contributed by atoms with E-state index in [1.807, 2.05) is 0 Å². The lowest BCUT2D eigenvalue weighted by Crippen LogP contribution is -2.10. The number of carboxylic acids is 1. The zero-order valence-electron chi connectivity index (χ0n) is 8.73. The van der Waals surface area contributed by atoms with Crippen LogP contribution in [0.15, 0.2) is 33.7 Å². The summed E-state index contributed by atoms with van der Waals surface area (Å²) in [6, 6.07) is 2.48. The quantitative estimate of drug-likeness (QED) is 0.927. The van der Waals surface area contributed by atoms with Gasteiger partial charge in [0.25, 0.3) is 0 Å². The summed E-state index contributed by atoms with van der Waals surface area (Å²) in [6.45, 7) is 0. The molecule has 98 valence electrons. The average molecular weight is 313 g/mol. The Morgan fingerprint density at radius 3 is 2.56 bits per heavy atom. The highest BCUT2D eigenvalue weighted by molar-refractivity contribution is 7.91. The number of halogens is 3. The molecule has 18 heavy (non-hydrogen) atoms. The van der Waals surface area contributed by atoms with E-state index < -0.39 is 32.3 Å². The van der Waals surface area contributed by atoms with Gasteiger partial charge in [-0.05, 0) is 18.2 Å². The van der Waals surface area contributed by atoms with Gasteiger partial charge in [-0.1, -0.05) is 23.2 Å². The van der Waals surface area contributed by atoms with E-state index in [-0.39, 0.29) is 10.6 Å². The van der Waals surface area contributed by atoms with Crippen molar-refractivity contribution in [3.8, 4) is 0 Å². The van der Waals surface area contributed by atoms with Crippen molar-refractivity contribution in [1.82, 2.24) is 0 Å². The Labute approximate surface area is 113 Å². The molecule has 4 nitrogen and oxygen atoms in total. The Kier molecular flexibility index (Phi) is 4.72. The van der Waals surface area contributed by atoms with Crippen LogP contribution in [0.1, 0.15) is 10.4 Å². The molecule has 8 heteroatoms. The van der Waals surface area contributed by atoms with Crippen molar-refractivity contribution in [3.63, 3.8) is 0 Å². The van der Waals surface area contributed by atoms with Gasteiger partial charge in [-0.15, -0.1) is 0 Å². The second kappa shape index (κ2) is 5.69. The number of hydrogen-bond donors (Lipinski definition) is 1. The third-order valence-electron chi connectivity index (χ3n) is 1.96. The van der Waals surface area contributed by atoms with Crippen LogP contribution in [-0.2, 0) is 9.84 Å². The molecule has 0 saturated heterocycles.